The molecule has 3 nitrogen and oxygen atoms in total. The van der Waals surface area contributed by atoms with Crippen molar-refractivity contribution in [3.05, 3.63) is 139 Å². The van der Waals surface area contributed by atoms with Crippen molar-refractivity contribution in [2.75, 3.05) is 0 Å². The molecule has 0 N–H and O–H groups in total. The lowest BCUT2D eigenvalue weighted by Gasteiger charge is -2.21. The van der Waals surface area contributed by atoms with Crippen LogP contribution in [0.15, 0.2) is 133 Å². The summed E-state index contributed by atoms with van der Waals surface area (Å²) >= 11 is 0. The first-order valence-electron chi connectivity index (χ1n) is 13.7. The third-order valence-electron chi connectivity index (χ3n) is 7.96. The zero-order valence-electron chi connectivity index (χ0n) is 21.9. The minimum absolute atomic E-state index is 0.445. The summed E-state index contributed by atoms with van der Waals surface area (Å²) in [5.74, 6) is 0.943. The third-order valence-corrected chi connectivity index (χ3v) is 7.96. The van der Waals surface area contributed by atoms with Crippen molar-refractivity contribution in [1.29, 1.82) is 0 Å². The molecule has 0 bridgehead atoms. The fraction of sp³-hybridized carbons (Fsp3) is 0.0541. The maximum Gasteiger partial charge on any atom is 0.143 e. The molecule has 2 heterocycles. The van der Waals surface area contributed by atoms with E-state index < -0.39 is 0 Å². The van der Waals surface area contributed by atoms with E-state index in [2.05, 4.69) is 138 Å². The predicted molar refractivity (Wildman–Crippen MR) is 164 cm³/mol. The van der Waals surface area contributed by atoms with Crippen LogP contribution in [0.1, 0.15) is 5.56 Å². The van der Waals surface area contributed by atoms with Gasteiger partial charge in [0.05, 0.1) is 17.6 Å². The van der Waals surface area contributed by atoms with Gasteiger partial charge in [-0.2, -0.15) is 0 Å². The summed E-state index contributed by atoms with van der Waals surface area (Å²) in [6, 6.07) is 47.4. The summed E-state index contributed by atoms with van der Waals surface area (Å²) in [6.07, 6.45) is 0. The lowest BCUT2D eigenvalue weighted by molar-refractivity contribution is 0.0675. The maximum absolute atomic E-state index is 6.42. The molecule has 1 aliphatic heterocycles. The summed E-state index contributed by atoms with van der Waals surface area (Å²) in [6.45, 7) is 0.973. The first-order chi connectivity index (χ1) is 19.8. The largest absolute Gasteiger partial charge is 0.356 e. The Morgan fingerprint density at radius 2 is 1.20 bits per heavy atom. The van der Waals surface area contributed by atoms with Crippen molar-refractivity contribution in [3.63, 3.8) is 0 Å². The summed E-state index contributed by atoms with van der Waals surface area (Å²) in [7, 11) is 0. The van der Waals surface area contributed by atoms with E-state index in [0.717, 1.165) is 22.4 Å². The van der Waals surface area contributed by atoms with Crippen molar-refractivity contribution in [3.8, 4) is 44.8 Å². The van der Waals surface area contributed by atoms with Crippen molar-refractivity contribution in [2.45, 2.75) is 13.3 Å². The van der Waals surface area contributed by atoms with Crippen molar-refractivity contribution >= 4 is 21.8 Å². The molecule has 0 radical (unpaired) electrons. The van der Waals surface area contributed by atoms with Crippen LogP contribution in [0.5, 0.6) is 0 Å². The zero-order valence-corrected chi connectivity index (χ0v) is 21.9. The Hall–Kier alpha value is -4.99. The molecular formula is C37H26N2O. The van der Waals surface area contributed by atoms with E-state index in [9.17, 15) is 0 Å². The Kier molecular flexibility index (Phi) is 5.35. The van der Waals surface area contributed by atoms with E-state index in [4.69, 9.17) is 9.72 Å². The number of benzene rings is 6. The molecule has 40 heavy (non-hydrogen) atoms. The van der Waals surface area contributed by atoms with Gasteiger partial charge in [-0.1, -0.05) is 103 Å². The Bertz CT molecular complexity index is 2010. The molecule has 190 valence electrons. The van der Waals surface area contributed by atoms with Crippen molar-refractivity contribution < 1.29 is 4.74 Å². The molecule has 0 atom stereocenters. The number of aromatic nitrogens is 2. The average molecular weight is 515 g/mol. The SMILES string of the molecule is c1ccc(-c2cc3c4c(ccc(-c5ccccc5)c4c2)-c2nc4ccc(-c5ccccc5)cc4n2COC3)cc1. The van der Waals surface area contributed by atoms with Crippen LogP contribution in [0, 0.1) is 0 Å². The number of hydrogen-bond acceptors (Lipinski definition) is 2. The van der Waals surface area contributed by atoms with Gasteiger partial charge in [-0.15, -0.1) is 0 Å². The first-order valence-corrected chi connectivity index (χ1v) is 13.7. The van der Waals surface area contributed by atoms with Gasteiger partial charge in [0.2, 0.25) is 0 Å². The Balaban J connectivity index is 1.41. The van der Waals surface area contributed by atoms with Gasteiger partial charge in [0.15, 0.2) is 0 Å². The lowest BCUT2D eigenvalue weighted by atomic mass is 9.89. The molecule has 6 aromatic carbocycles. The summed E-state index contributed by atoms with van der Waals surface area (Å²) in [4.78, 5) is 5.18. The maximum atomic E-state index is 6.42. The molecule has 0 saturated heterocycles. The van der Waals surface area contributed by atoms with Crippen LogP contribution >= 0.6 is 0 Å². The zero-order chi connectivity index (χ0) is 26.5. The highest BCUT2D eigenvalue weighted by molar-refractivity contribution is 6.08. The smallest absolute Gasteiger partial charge is 0.143 e. The molecule has 0 amide bonds. The number of rotatable bonds is 3. The predicted octanol–water partition coefficient (Wildman–Crippen LogP) is 9.35. The van der Waals surface area contributed by atoms with Crippen LogP contribution in [-0.2, 0) is 18.1 Å². The lowest BCUT2D eigenvalue weighted by Crippen LogP contribution is -2.09. The Morgan fingerprint density at radius 1 is 0.550 bits per heavy atom. The highest BCUT2D eigenvalue weighted by Crippen LogP contribution is 2.42. The van der Waals surface area contributed by atoms with Gasteiger partial charge in [0.25, 0.3) is 0 Å². The van der Waals surface area contributed by atoms with E-state index in [1.54, 1.807) is 0 Å². The van der Waals surface area contributed by atoms with Gasteiger partial charge in [0, 0.05) is 5.56 Å². The number of imidazole rings is 1. The number of fused-ring (bicyclic) bond motifs is 4. The molecule has 1 aliphatic rings. The molecule has 3 heteroatoms. The third kappa shape index (κ3) is 3.75. The fourth-order valence-electron chi connectivity index (χ4n) is 6.06. The van der Waals surface area contributed by atoms with E-state index in [1.165, 1.54) is 49.7 Å². The van der Waals surface area contributed by atoms with E-state index >= 15 is 0 Å². The Morgan fingerprint density at radius 3 is 1.93 bits per heavy atom. The van der Waals surface area contributed by atoms with Crippen LogP contribution < -0.4 is 0 Å². The minimum atomic E-state index is 0.445. The molecular weight excluding hydrogens is 488 g/mol. The van der Waals surface area contributed by atoms with Gasteiger partial charge in [-0.3, -0.25) is 4.57 Å². The van der Waals surface area contributed by atoms with E-state index in [0.29, 0.717) is 13.3 Å². The fourth-order valence-corrected chi connectivity index (χ4v) is 6.06. The second-order valence-electron chi connectivity index (χ2n) is 10.4. The number of ether oxygens (including phenoxy) is 1. The topological polar surface area (TPSA) is 27.1 Å². The summed E-state index contributed by atoms with van der Waals surface area (Å²) in [5.41, 5.74) is 11.6. The average Bonchev–Trinajstić information content (AvgIpc) is 3.37. The van der Waals surface area contributed by atoms with Crippen LogP contribution in [0.4, 0.5) is 0 Å². The monoisotopic (exact) mass is 514 g/mol. The molecule has 0 fully saturated rings. The highest BCUT2D eigenvalue weighted by Gasteiger charge is 2.22. The van der Waals surface area contributed by atoms with Crippen molar-refractivity contribution in [2.24, 2.45) is 0 Å². The Labute approximate surface area is 232 Å². The molecule has 0 unspecified atom stereocenters. The highest BCUT2D eigenvalue weighted by atomic mass is 16.5. The van der Waals surface area contributed by atoms with Crippen LogP contribution in [0.3, 0.4) is 0 Å². The first kappa shape index (κ1) is 22.9. The van der Waals surface area contributed by atoms with Crippen LogP contribution in [0.25, 0.3) is 66.6 Å². The van der Waals surface area contributed by atoms with E-state index in [-0.39, 0.29) is 0 Å². The number of hydrogen-bond donors (Lipinski definition) is 0. The quantitative estimate of drug-likeness (QED) is 0.235. The van der Waals surface area contributed by atoms with Gasteiger partial charge in [0.1, 0.15) is 12.6 Å². The second-order valence-corrected chi connectivity index (χ2v) is 10.4. The molecule has 0 spiro atoms. The van der Waals surface area contributed by atoms with Gasteiger partial charge in [-0.05, 0) is 80.0 Å². The number of nitrogens with zero attached hydrogens (tertiary/aromatic N) is 2. The van der Waals surface area contributed by atoms with E-state index in [1.807, 2.05) is 0 Å². The normalized spacial score (nSPS) is 12.7. The summed E-state index contributed by atoms with van der Waals surface area (Å²) < 4.78 is 8.65. The molecule has 1 aromatic heterocycles. The van der Waals surface area contributed by atoms with Gasteiger partial charge in [-0.25, -0.2) is 4.98 Å². The van der Waals surface area contributed by atoms with Crippen LogP contribution in [0.2, 0.25) is 0 Å². The minimum Gasteiger partial charge on any atom is -0.356 e. The van der Waals surface area contributed by atoms with Gasteiger partial charge < -0.3 is 4.74 Å². The molecule has 0 aliphatic carbocycles. The molecule has 0 saturated carbocycles. The van der Waals surface area contributed by atoms with Gasteiger partial charge >= 0.3 is 0 Å². The van der Waals surface area contributed by atoms with Crippen molar-refractivity contribution in [1.82, 2.24) is 9.55 Å². The second kappa shape index (κ2) is 9.33. The standard InChI is InChI=1S/C37H26N2O/c1-4-10-25(11-5-1)28-16-19-34-35(22-28)39-24-40-23-30-20-29(26-12-6-2-7-13-26)21-33-31(27-14-8-3-9-15-27)17-18-32(36(30)33)37(39)38-34/h1-22H,23-24H2. The molecule has 8 rings (SSSR count). The van der Waals surface area contributed by atoms with Crippen LogP contribution in [-0.4, -0.2) is 9.55 Å². The molecule has 7 aromatic rings. The summed E-state index contributed by atoms with van der Waals surface area (Å²) in [5, 5.41) is 2.43.